The van der Waals surface area contributed by atoms with Gasteiger partial charge in [-0.25, -0.2) is 0 Å². The summed E-state index contributed by atoms with van der Waals surface area (Å²) in [7, 11) is 0. The van der Waals surface area contributed by atoms with E-state index < -0.39 is 89.4 Å². The quantitative estimate of drug-likeness (QED) is 0.155. The summed E-state index contributed by atoms with van der Waals surface area (Å²) in [4.78, 5) is 51.9. The Morgan fingerprint density at radius 1 is 0.962 bits per heavy atom. The highest BCUT2D eigenvalue weighted by Gasteiger charge is 2.68. The van der Waals surface area contributed by atoms with Crippen molar-refractivity contribution in [2.45, 2.75) is 144 Å². The molecule has 11 nitrogen and oxygen atoms in total. The Morgan fingerprint density at radius 3 is 2.25 bits per heavy atom. The van der Waals surface area contributed by atoms with Crippen LogP contribution in [0.3, 0.4) is 0 Å². The number of esters is 3. The third kappa shape index (κ3) is 6.73. The van der Waals surface area contributed by atoms with Crippen LogP contribution >= 0.6 is 0 Å². The Hall–Kier alpha value is -2.86. The van der Waals surface area contributed by atoms with E-state index in [0.29, 0.717) is 37.9 Å². The Bertz CT molecular complexity index is 1530. The van der Waals surface area contributed by atoms with Crippen LogP contribution in [-0.2, 0) is 38.1 Å². The van der Waals surface area contributed by atoms with E-state index in [0.717, 1.165) is 18.4 Å². The van der Waals surface area contributed by atoms with Gasteiger partial charge < -0.3 is 34.3 Å². The molecule has 5 aliphatic rings. The highest BCUT2D eigenvalue weighted by molar-refractivity contribution is 5.86. The number of carbonyl (C=O) groups is 4. The fourth-order valence-electron chi connectivity index (χ4n) is 10.5. The van der Waals surface area contributed by atoms with Crippen molar-refractivity contribution in [2.24, 2.45) is 45.3 Å². The molecule has 0 aromatic carbocycles. The van der Waals surface area contributed by atoms with Crippen molar-refractivity contribution in [1.29, 1.82) is 0 Å². The molecule has 0 amide bonds. The molecule has 0 aromatic heterocycles. The van der Waals surface area contributed by atoms with E-state index in [1.54, 1.807) is 0 Å². The number of carbonyl (C=O) groups excluding carboxylic acids is 4. The number of aliphatic hydroxyl groups excluding tert-OH is 3. The van der Waals surface area contributed by atoms with Crippen molar-refractivity contribution in [3.05, 3.63) is 35.5 Å². The van der Waals surface area contributed by atoms with Gasteiger partial charge in [-0.3, -0.25) is 19.2 Å². The fourth-order valence-corrected chi connectivity index (χ4v) is 10.5. The van der Waals surface area contributed by atoms with Crippen LogP contribution in [0.15, 0.2) is 35.5 Å². The second kappa shape index (κ2) is 14.4. The zero-order valence-electron chi connectivity index (χ0n) is 32.4. The molecule has 0 aromatic rings. The van der Waals surface area contributed by atoms with E-state index in [-0.39, 0.29) is 17.3 Å². The Balaban J connectivity index is 1.54. The lowest BCUT2D eigenvalue weighted by molar-refractivity contribution is -0.295. The molecule has 290 valence electrons. The van der Waals surface area contributed by atoms with Crippen molar-refractivity contribution in [2.75, 3.05) is 6.61 Å². The standard InChI is InChI=1S/C41H60O11/c1-21(2)22(3)11-12-25(36(48)52-37-35(47)34(46)33(45)29(51-37)20-49-23(4)42)32-28(50-24(5)43)19-41(10)27-13-14-30-38(6,7)31(44)16-17-39(30,8)26(27)15-18-40(32,41)9/h13,15,21,25,28-30,32-35,37,45-47H,3,11-12,14,16-20H2,1-2,4-10H3/t25-,28-,29-,30+,32+,33-,34+,35-,37+,39-,40-,41+/m1/s1. The maximum Gasteiger partial charge on any atom is 0.311 e. The number of hydrogen-bond acceptors (Lipinski definition) is 11. The van der Waals surface area contributed by atoms with E-state index in [1.807, 2.05) is 13.8 Å². The van der Waals surface area contributed by atoms with E-state index in [9.17, 15) is 34.5 Å². The van der Waals surface area contributed by atoms with Gasteiger partial charge in [0.05, 0.1) is 5.92 Å². The van der Waals surface area contributed by atoms with Crippen molar-refractivity contribution < 1.29 is 53.4 Å². The lowest BCUT2D eigenvalue weighted by Crippen LogP contribution is -2.60. The molecule has 2 saturated carbocycles. The number of rotatable bonds is 10. The van der Waals surface area contributed by atoms with Crippen LogP contribution < -0.4 is 0 Å². The Kier molecular flexibility index (Phi) is 11.2. The third-order valence-electron chi connectivity index (χ3n) is 14.0. The first kappa shape index (κ1) is 40.3. The van der Waals surface area contributed by atoms with Gasteiger partial charge in [0.2, 0.25) is 6.29 Å². The van der Waals surface area contributed by atoms with Crippen LogP contribution in [0.5, 0.6) is 0 Å². The van der Waals surface area contributed by atoms with Crippen LogP contribution in [0.1, 0.15) is 107 Å². The van der Waals surface area contributed by atoms with Gasteiger partial charge in [-0.1, -0.05) is 72.8 Å². The molecule has 0 unspecified atom stereocenters. The van der Waals surface area contributed by atoms with E-state index in [2.05, 4.69) is 53.3 Å². The molecule has 4 aliphatic carbocycles. The molecule has 0 spiro atoms. The molecule has 0 bridgehead atoms. The number of Topliss-reactive ketones (excluding diaryl/α,β-unsaturated/α-hetero) is 1. The molecule has 3 N–H and O–H groups in total. The van der Waals surface area contributed by atoms with Crippen LogP contribution in [-0.4, -0.2) is 82.4 Å². The predicted molar refractivity (Wildman–Crippen MR) is 191 cm³/mol. The highest BCUT2D eigenvalue weighted by Crippen LogP contribution is 2.72. The molecular formula is C41H60O11. The lowest BCUT2D eigenvalue weighted by atomic mass is 9.44. The lowest BCUT2D eigenvalue weighted by Gasteiger charge is -2.59. The normalized spacial score (nSPS) is 40.0. The smallest absolute Gasteiger partial charge is 0.311 e. The summed E-state index contributed by atoms with van der Waals surface area (Å²) < 4.78 is 22.8. The number of aliphatic hydroxyl groups is 3. The highest BCUT2D eigenvalue weighted by atomic mass is 16.7. The fraction of sp³-hybridized carbons (Fsp3) is 0.756. The van der Waals surface area contributed by atoms with Gasteiger partial charge in [-0.05, 0) is 72.3 Å². The molecule has 0 radical (unpaired) electrons. The molecule has 1 heterocycles. The molecule has 3 fully saturated rings. The average Bonchev–Trinajstić information content (AvgIpc) is 3.28. The maximum absolute atomic E-state index is 14.6. The van der Waals surface area contributed by atoms with E-state index >= 15 is 0 Å². The minimum Gasteiger partial charge on any atom is -0.463 e. The van der Waals surface area contributed by atoms with Crippen molar-refractivity contribution in [3.63, 3.8) is 0 Å². The first-order valence-electron chi connectivity index (χ1n) is 18.9. The van der Waals surface area contributed by atoms with Gasteiger partial charge in [-0.2, -0.15) is 0 Å². The minimum absolute atomic E-state index is 0.149. The average molecular weight is 729 g/mol. The Labute approximate surface area is 308 Å². The summed E-state index contributed by atoms with van der Waals surface area (Å²) in [6.07, 6.45) is -0.173. The van der Waals surface area contributed by atoms with E-state index in [1.165, 1.54) is 25.0 Å². The summed E-state index contributed by atoms with van der Waals surface area (Å²) in [6, 6.07) is 0. The molecule has 11 heteroatoms. The SMILES string of the molecule is C=C(CC[C@@H](C(=O)O[C@@H]1O[C@H](COC(C)=O)[C@@H](O)[C@H](O)[C@H]1O)[C@H]1[C@H](OC(C)=O)C[C@@]2(C)C3=CC[C@H]4C(C)(C)C(=O)CC[C@]4(C)C3=CC[C@]12C)C(C)C. The second-order valence-corrected chi connectivity index (χ2v) is 17.6. The molecule has 1 saturated heterocycles. The molecule has 1 aliphatic heterocycles. The van der Waals surface area contributed by atoms with Crippen molar-refractivity contribution in [1.82, 2.24) is 0 Å². The maximum atomic E-state index is 14.6. The van der Waals surface area contributed by atoms with Crippen molar-refractivity contribution >= 4 is 23.7 Å². The Morgan fingerprint density at radius 2 is 1.63 bits per heavy atom. The van der Waals surface area contributed by atoms with Crippen molar-refractivity contribution in [3.8, 4) is 0 Å². The van der Waals surface area contributed by atoms with Crippen LogP contribution in [0.25, 0.3) is 0 Å². The zero-order chi connectivity index (χ0) is 38.7. The van der Waals surface area contributed by atoms with Gasteiger partial charge in [0.1, 0.15) is 42.9 Å². The van der Waals surface area contributed by atoms with Gasteiger partial charge >= 0.3 is 17.9 Å². The number of allylic oxidation sites excluding steroid dienone is 5. The van der Waals surface area contributed by atoms with Crippen LogP contribution in [0.4, 0.5) is 0 Å². The molecule has 12 atom stereocenters. The van der Waals surface area contributed by atoms with E-state index in [4.69, 9.17) is 18.9 Å². The molecule has 52 heavy (non-hydrogen) atoms. The predicted octanol–water partition coefficient (Wildman–Crippen LogP) is 5.14. The summed E-state index contributed by atoms with van der Waals surface area (Å²) in [5.74, 6) is -2.55. The van der Waals surface area contributed by atoms with Gasteiger partial charge in [0.25, 0.3) is 0 Å². The monoisotopic (exact) mass is 728 g/mol. The molecule has 5 rings (SSSR count). The first-order chi connectivity index (χ1) is 24.1. The second-order valence-electron chi connectivity index (χ2n) is 17.6. The summed E-state index contributed by atoms with van der Waals surface area (Å²) in [5.41, 5.74) is 1.62. The minimum atomic E-state index is -1.78. The number of hydrogen-bond donors (Lipinski definition) is 3. The zero-order valence-corrected chi connectivity index (χ0v) is 32.4. The number of ketones is 1. The first-order valence-corrected chi connectivity index (χ1v) is 18.9. The van der Waals surface area contributed by atoms with Crippen LogP contribution in [0.2, 0.25) is 0 Å². The number of fused-ring (bicyclic) bond motifs is 5. The van der Waals surface area contributed by atoms with Gasteiger partial charge in [0.15, 0.2) is 0 Å². The topological polar surface area (TPSA) is 166 Å². The van der Waals surface area contributed by atoms with Gasteiger partial charge in [0, 0.05) is 37.0 Å². The molecular weight excluding hydrogens is 668 g/mol. The summed E-state index contributed by atoms with van der Waals surface area (Å²) in [6.45, 7) is 21.3. The third-order valence-corrected chi connectivity index (χ3v) is 14.0. The number of ether oxygens (including phenoxy) is 4. The van der Waals surface area contributed by atoms with Crippen LogP contribution in [0, 0.1) is 45.3 Å². The summed E-state index contributed by atoms with van der Waals surface area (Å²) >= 11 is 0. The summed E-state index contributed by atoms with van der Waals surface area (Å²) in [5, 5.41) is 32.1. The van der Waals surface area contributed by atoms with Gasteiger partial charge in [-0.15, -0.1) is 0 Å². The largest absolute Gasteiger partial charge is 0.463 e.